The smallest absolute Gasteiger partial charge is 0.282 e. The van der Waals surface area contributed by atoms with Crippen LogP contribution in [0.3, 0.4) is 0 Å². The molecular formula is C12H25N3O4S2. The van der Waals surface area contributed by atoms with Gasteiger partial charge in [-0.2, -0.15) is 17.0 Å². The molecule has 2 fully saturated rings. The molecule has 0 aromatic carbocycles. The van der Waals surface area contributed by atoms with Crippen LogP contribution in [0.1, 0.15) is 26.2 Å². The molecule has 2 rings (SSSR count). The molecule has 2 aliphatic rings. The summed E-state index contributed by atoms with van der Waals surface area (Å²) in [5.74, 6) is -0.143. The van der Waals surface area contributed by atoms with E-state index in [0.717, 1.165) is 25.8 Å². The Labute approximate surface area is 127 Å². The second-order valence-corrected chi connectivity index (χ2v) is 9.81. The zero-order chi connectivity index (χ0) is 15.5. The van der Waals surface area contributed by atoms with E-state index in [-0.39, 0.29) is 30.6 Å². The Morgan fingerprint density at radius 1 is 1.14 bits per heavy atom. The number of likely N-dealkylation sites (N-methyl/N-ethyl adjacent to an activating group) is 1. The fourth-order valence-corrected chi connectivity index (χ4v) is 6.16. The van der Waals surface area contributed by atoms with E-state index in [0.29, 0.717) is 13.1 Å². The van der Waals surface area contributed by atoms with Gasteiger partial charge in [0.25, 0.3) is 10.2 Å². The molecule has 0 aliphatic carbocycles. The van der Waals surface area contributed by atoms with Gasteiger partial charge in [0.05, 0.1) is 11.5 Å². The minimum atomic E-state index is -3.55. The molecule has 0 spiro atoms. The molecule has 0 amide bonds. The molecule has 0 aromatic rings. The molecule has 9 heteroatoms. The van der Waals surface area contributed by atoms with Gasteiger partial charge < -0.3 is 5.32 Å². The van der Waals surface area contributed by atoms with Crippen LogP contribution in [0.2, 0.25) is 0 Å². The van der Waals surface area contributed by atoms with Crippen molar-refractivity contribution in [1.29, 1.82) is 0 Å². The van der Waals surface area contributed by atoms with Crippen molar-refractivity contribution < 1.29 is 16.8 Å². The van der Waals surface area contributed by atoms with Crippen molar-refractivity contribution in [3.05, 3.63) is 0 Å². The molecule has 0 aromatic heterocycles. The number of sulfone groups is 1. The van der Waals surface area contributed by atoms with Gasteiger partial charge in [0.1, 0.15) is 0 Å². The monoisotopic (exact) mass is 339 g/mol. The topological polar surface area (TPSA) is 86.8 Å². The first-order valence-corrected chi connectivity index (χ1v) is 10.8. The molecule has 0 radical (unpaired) electrons. The Hall–Kier alpha value is -0.220. The molecule has 21 heavy (non-hydrogen) atoms. The van der Waals surface area contributed by atoms with E-state index < -0.39 is 20.0 Å². The van der Waals surface area contributed by atoms with Crippen LogP contribution < -0.4 is 5.32 Å². The lowest BCUT2D eigenvalue weighted by Crippen LogP contribution is -2.56. The van der Waals surface area contributed by atoms with E-state index in [1.54, 1.807) is 4.31 Å². The predicted molar refractivity (Wildman–Crippen MR) is 82.0 cm³/mol. The SMILES string of the molecule is CCNCC1CCCCN1S(=O)(=O)N1CCS(=O)(=O)CC1. The van der Waals surface area contributed by atoms with Crippen LogP contribution in [-0.4, -0.2) is 75.7 Å². The number of hydrogen-bond donors (Lipinski definition) is 1. The zero-order valence-electron chi connectivity index (χ0n) is 12.5. The molecule has 1 N–H and O–H groups in total. The number of nitrogens with zero attached hydrogens (tertiary/aromatic N) is 2. The van der Waals surface area contributed by atoms with Crippen molar-refractivity contribution in [3.63, 3.8) is 0 Å². The standard InChI is InChI=1S/C12H25N3O4S2/c1-2-13-11-12-5-3-4-6-15(12)21(18,19)14-7-9-20(16,17)10-8-14/h12-13H,2-11H2,1H3. The van der Waals surface area contributed by atoms with Crippen molar-refractivity contribution in [3.8, 4) is 0 Å². The molecule has 1 unspecified atom stereocenters. The largest absolute Gasteiger partial charge is 0.315 e. The maximum absolute atomic E-state index is 12.8. The van der Waals surface area contributed by atoms with Crippen LogP contribution in [0, 0.1) is 0 Å². The number of piperidine rings is 1. The Bertz CT molecular complexity index is 533. The van der Waals surface area contributed by atoms with Gasteiger partial charge >= 0.3 is 0 Å². The summed E-state index contributed by atoms with van der Waals surface area (Å²) in [5, 5.41) is 3.22. The van der Waals surface area contributed by atoms with Gasteiger partial charge in [0.15, 0.2) is 9.84 Å². The average Bonchev–Trinajstić information content (AvgIpc) is 2.45. The molecule has 0 saturated carbocycles. The number of rotatable bonds is 5. The lowest BCUT2D eigenvalue weighted by Gasteiger charge is -2.39. The molecule has 2 heterocycles. The summed E-state index contributed by atoms with van der Waals surface area (Å²) in [6.45, 7) is 4.15. The van der Waals surface area contributed by atoms with Crippen LogP contribution in [0.25, 0.3) is 0 Å². The highest BCUT2D eigenvalue weighted by Gasteiger charge is 2.38. The van der Waals surface area contributed by atoms with Crippen molar-refractivity contribution in [2.24, 2.45) is 0 Å². The molecule has 0 bridgehead atoms. The van der Waals surface area contributed by atoms with Gasteiger partial charge in [-0.05, 0) is 19.4 Å². The second kappa shape index (κ2) is 6.91. The van der Waals surface area contributed by atoms with Crippen LogP contribution in [0.5, 0.6) is 0 Å². The summed E-state index contributed by atoms with van der Waals surface area (Å²) in [5.41, 5.74) is 0. The van der Waals surface area contributed by atoms with Gasteiger partial charge in [0, 0.05) is 32.2 Å². The maximum atomic E-state index is 12.8. The fraction of sp³-hybridized carbons (Fsp3) is 1.00. The number of hydrogen-bond acceptors (Lipinski definition) is 5. The predicted octanol–water partition coefficient (Wildman–Crippen LogP) is -0.574. The van der Waals surface area contributed by atoms with Crippen LogP contribution >= 0.6 is 0 Å². The van der Waals surface area contributed by atoms with Crippen LogP contribution in [-0.2, 0) is 20.0 Å². The minimum Gasteiger partial charge on any atom is -0.315 e. The first-order valence-electron chi connectivity index (χ1n) is 7.55. The molecule has 124 valence electrons. The van der Waals surface area contributed by atoms with E-state index in [4.69, 9.17) is 0 Å². The molecule has 2 saturated heterocycles. The van der Waals surface area contributed by atoms with Gasteiger partial charge in [-0.25, -0.2) is 8.42 Å². The highest BCUT2D eigenvalue weighted by atomic mass is 32.2. The lowest BCUT2D eigenvalue weighted by molar-refractivity contribution is 0.228. The third-order valence-corrected chi connectivity index (χ3v) is 7.83. The Morgan fingerprint density at radius 3 is 2.43 bits per heavy atom. The van der Waals surface area contributed by atoms with E-state index in [1.807, 2.05) is 6.92 Å². The third kappa shape index (κ3) is 4.16. The average molecular weight is 339 g/mol. The van der Waals surface area contributed by atoms with E-state index in [9.17, 15) is 16.8 Å². The normalized spacial score (nSPS) is 28.5. The van der Waals surface area contributed by atoms with E-state index in [2.05, 4.69) is 5.32 Å². The first-order chi connectivity index (χ1) is 9.87. The highest BCUT2D eigenvalue weighted by Crippen LogP contribution is 2.23. The van der Waals surface area contributed by atoms with Gasteiger partial charge in [0.2, 0.25) is 0 Å². The Balaban J connectivity index is 2.09. The summed E-state index contributed by atoms with van der Waals surface area (Å²) >= 11 is 0. The first kappa shape index (κ1) is 17.1. The van der Waals surface area contributed by atoms with Gasteiger partial charge in [-0.15, -0.1) is 0 Å². The van der Waals surface area contributed by atoms with E-state index >= 15 is 0 Å². The Kier molecular flexibility index (Phi) is 5.64. The molecular weight excluding hydrogens is 314 g/mol. The minimum absolute atomic E-state index is 0.0257. The van der Waals surface area contributed by atoms with Crippen molar-refractivity contribution >= 4 is 20.0 Å². The Morgan fingerprint density at radius 2 is 1.81 bits per heavy atom. The summed E-state index contributed by atoms with van der Waals surface area (Å²) in [6, 6.07) is -0.0257. The number of nitrogens with one attached hydrogen (secondary N) is 1. The third-order valence-electron chi connectivity index (χ3n) is 4.13. The molecule has 1 atom stereocenters. The van der Waals surface area contributed by atoms with Crippen molar-refractivity contribution in [2.45, 2.75) is 32.2 Å². The van der Waals surface area contributed by atoms with Crippen LogP contribution in [0.4, 0.5) is 0 Å². The summed E-state index contributed by atoms with van der Waals surface area (Å²) in [4.78, 5) is 0. The van der Waals surface area contributed by atoms with Gasteiger partial charge in [-0.1, -0.05) is 13.3 Å². The second-order valence-electron chi connectivity index (χ2n) is 5.63. The molecule has 2 aliphatic heterocycles. The maximum Gasteiger partial charge on any atom is 0.282 e. The van der Waals surface area contributed by atoms with Crippen molar-refractivity contribution in [1.82, 2.24) is 13.9 Å². The lowest BCUT2D eigenvalue weighted by atomic mass is 10.1. The zero-order valence-corrected chi connectivity index (χ0v) is 14.1. The molecule has 7 nitrogen and oxygen atoms in total. The summed E-state index contributed by atoms with van der Waals surface area (Å²) in [6.07, 6.45) is 2.77. The van der Waals surface area contributed by atoms with Crippen molar-refractivity contribution in [2.75, 3.05) is 44.2 Å². The summed E-state index contributed by atoms with van der Waals surface area (Å²) < 4.78 is 51.3. The van der Waals surface area contributed by atoms with E-state index in [1.165, 1.54) is 4.31 Å². The van der Waals surface area contributed by atoms with Crippen LogP contribution in [0.15, 0.2) is 0 Å². The quantitative estimate of drug-likeness (QED) is 0.724. The summed E-state index contributed by atoms with van der Waals surface area (Å²) in [7, 11) is -6.62. The van der Waals surface area contributed by atoms with Gasteiger partial charge in [-0.3, -0.25) is 0 Å². The highest BCUT2D eigenvalue weighted by molar-refractivity contribution is 7.91. The fourth-order valence-electron chi connectivity index (χ4n) is 2.87.